The van der Waals surface area contributed by atoms with E-state index in [1.54, 1.807) is 5.57 Å². The van der Waals surface area contributed by atoms with E-state index < -0.39 is 0 Å². The van der Waals surface area contributed by atoms with E-state index in [1.165, 1.54) is 32.1 Å². The Balaban J connectivity index is 2.15. The molecule has 1 fully saturated rings. The van der Waals surface area contributed by atoms with Crippen LogP contribution in [0.3, 0.4) is 0 Å². The van der Waals surface area contributed by atoms with Crippen LogP contribution < -0.4 is 0 Å². The molecule has 0 aromatic carbocycles. The zero-order chi connectivity index (χ0) is 13.3. The smallest absolute Gasteiger partial charge is 0.0377 e. The van der Waals surface area contributed by atoms with Crippen molar-refractivity contribution in [1.29, 1.82) is 0 Å². The predicted octanol–water partition coefficient (Wildman–Crippen LogP) is 4.69. The van der Waals surface area contributed by atoms with Gasteiger partial charge in [-0.2, -0.15) is 0 Å². The fraction of sp³-hybridized carbons (Fsp3) is 0.882. The highest BCUT2D eigenvalue weighted by molar-refractivity contribution is 5.17. The third-order valence-electron chi connectivity index (χ3n) is 5.52. The molecule has 1 saturated carbocycles. The van der Waals surface area contributed by atoms with Gasteiger partial charge in [0, 0.05) is 19.0 Å². The molecule has 1 aliphatic carbocycles. The Labute approximate surface area is 114 Å². The van der Waals surface area contributed by atoms with Crippen molar-refractivity contribution in [3.63, 3.8) is 0 Å². The molecule has 0 amide bonds. The van der Waals surface area contributed by atoms with Crippen LogP contribution >= 0.6 is 0 Å². The Morgan fingerprint density at radius 2 is 1.72 bits per heavy atom. The minimum absolute atomic E-state index is 0.780. The lowest BCUT2D eigenvalue weighted by molar-refractivity contribution is 0.124. The van der Waals surface area contributed by atoms with Crippen molar-refractivity contribution in [2.45, 2.75) is 65.8 Å². The van der Waals surface area contributed by atoms with Gasteiger partial charge in [0.05, 0.1) is 0 Å². The fourth-order valence-electron chi connectivity index (χ4n) is 4.26. The molecular weight excluding hydrogens is 218 g/mol. The molecule has 0 bridgehead atoms. The quantitative estimate of drug-likeness (QED) is 0.701. The Morgan fingerprint density at radius 3 is 2.28 bits per heavy atom. The van der Waals surface area contributed by atoms with Gasteiger partial charge in [-0.3, -0.25) is 0 Å². The van der Waals surface area contributed by atoms with E-state index in [2.05, 4.69) is 45.8 Å². The SMILES string of the molecule is CC1=CN(C)C(C2CCCCC2)C1C(C)C(C)C. The number of nitrogens with zero attached hydrogens (tertiary/aromatic N) is 1. The van der Waals surface area contributed by atoms with Gasteiger partial charge in [0.25, 0.3) is 0 Å². The maximum atomic E-state index is 2.54. The summed E-state index contributed by atoms with van der Waals surface area (Å²) in [5.41, 5.74) is 1.62. The molecule has 0 aromatic heterocycles. The Morgan fingerprint density at radius 1 is 1.11 bits per heavy atom. The van der Waals surface area contributed by atoms with Gasteiger partial charge in [0.15, 0.2) is 0 Å². The van der Waals surface area contributed by atoms with Gasteiger partial charge in [-0.1, -0.05) is 45.6 Å². The van der Waals surface area contributed by atoms with Gasteiger partial charge >= 0.3 is 0 Å². The van der Waals surface area contributed by atoms with Gasteiger partial charge < -0.3 is 4.90 Å². The molecule has 0 radical (unpaired) electrons. The lowest BCUT2D eigenvalue weighted by Crippen LogP contribution is -2.41. The second kappa shape index (κ2) is 5.67. The molecule has 2 rings (SSSR count). The fourth-order valence-corrected chi connectivity index (χ4v) is 4.26. The van der Waals surface area contributed by atoms with E-state index in [4.69, 9.17) is 0 Å². The van der Waals surface area contributed by atoms with Crippen LogP contribution in [-0.2, 0) is 0 Å². The van der Waals surface area contributed by atoms with Crippen molar-refractivity contribution in [2.75, 3.05) is 7.05 Å². The molecule has 0 aromatic rings. The first-order chi connectivity index (χ1) is 8.52. The molecular formula is C17H31N. The molecule has 0 spiro atoms. The topological polar surface area (TPSA) is 3.24 Å². The van der Waals surface area contributed by atoms with Crippen molar-refractivity contribution in [3.8, 4) is 0 Å². The largest absolute Gasteiger partial charge is 0.377 e. The van der Waals surface area contributed by atoms with E-state index in [-0.39, 0.29) is 0 Å². The van der Waals surface area contributed by atoms with Crippen LogP contribution in [0.1, 0.15) is 59.8 Å². The normalized spacial score (nSPS) is 31.9. The highest BCUT2D eigenvalue weighted by atomic mass is 15.1. The summed E-state index contributed by atoms with van der Waals surface area (Å²) in [6.07, 6.45) is 9.70. The minimum atomic E-state index is 0.780. The lowest BCUT2D eigenvalue weighted by Gasteiger charge is -2.40. The average Bonchev–Trinajstić information content (AvgIpc) is 2.64. The second-order valence-corrected chi connectivity index (χ2v) is 7.06. The van der Waals surface area contributed by atoms with Gasteiger partial charge in [0.2, 0.25) is 0 Å². The van der Waals surface area contributed by atoms with E-state index in [9.17, 15) is 0 Å². The minimum Gasteiger partial charge on any atom is -0.377 e. The van der Waals surface area contributed by atoms with Crippen molar-refractivity contribution >= 4 is 0 Å². The van der Waals surface area contributed by atoms with Crippen molar-refractivity contribution in [2.24, 2.45) is 23.7 Å². The first-order valence-electron chi connectivity index (χ1n) is 7.92. The standard InChI is InChI=1S/C17H31N/c1-12(2)14(4)16-13(3)11-18(5)17(16)15-9-7-6-8-10-15/h11-12,14-17H,6-10H2,1-5H3. The van der Waals surface area contributed by atoms with E-state index in [0.29, 0.717) is 0 Å². The van der Waals surface area contributed by atoms with Crippen LogP contribution in [0.5, 0.6) is 0 Å². The zero-order valence-corrected chi connectivity index (χ0v) is 12.9. The van der Waals surface area contributed by atoms with Crippen LogP contribution in [0.25, 0.3) is 0 Å². The molecule has 3 unspecified atom stereocenters. The van der Waals surface area contributed by atoms with Gasteiger partial charge in [0.1, 0.15) is 0 Å². The van der Waals surface area contributed by atoms with Crippen LogP contribution in [0.2, 0.25) is 0 Å². The molecule has 0 N–H and O–H groups in total. The third-order valence-corrected chi connectivity index (χ3v) is 5.52. The van der Waals surface area contributed by atoms with Crippen molar-refractivity contribution in [3.05, 3.63) is 11.8 Å². The maximum Gasteiger partial charge on any atom is 0.0377 e. The summed E-state index contributed by atoms with van der Waals surface area (Å²) in [6, 6.07) is 0.780. The summed E-state index contributed by atoms with van der Waals surface area (Å²) in [6.45, 7) is 9.58. The van der Waals surface area contributed by atoms with Crippen LogP contribution in [0.4, 0.5) is 0 Å². The Hall–Kier alpha value is -0.460. The molecule has 1 aliphatic heterocycles. The molecule has 104 valence electrons. The van der Waals surface area contributed by atoms with Gasteiger partial charge in [-0.05, 0) is 43.7 Å². The highest BCUT2D eigenvalue weighted by Crippen LogP contribution is 2.43. The third kappa shape index (κ3) is 2.60. The van der Waals surface area contributed by atoms with Crippen molar-refractivity contribution in [1.82, 2.24) is 4.90 Å². The van der Waals surface area contributed by atoms with E-state index in [0.717, 1.165) is 29.7 Å². The second-order valence-electron chi connectivity index (χ2n) is 7.06. The van der Waals surface area contributed by atoms with Gasteiger partial charge in [-0.25, -0.2) is 0 Å². The average molecular weight is 249 g/mol. The summed E-state index contributed by atoms with van der Waals surface area (Å²) in [5.74, 6) is 3.32. The number of hydrogen-bond donors (Lipinski definition) is 0. The van der Waals surface area contributed by atoms with E-state index in [1.807, 2.05) is 0 Å². The highest BCUT2D eigenvalue weighted by Gasteiger charge is 2.40. The summed E-state index contributed by atoms with van der Waals surface area (Å²) in [4.78, 5) is 2.54. The monoisotopic (exact) mass is 249 g/mol. The molecule has 18 heavy (non-hydrogen) atoms. The molecule has 1 heterocycles. The van der Waals surface area contributed by atoms with Crippen molar-refractivity contribution < 1.29 is 0 Å². The van der Waals surface area contributed by atoms with Crippen LogP contribution in [0, 0.1) is 23.7 Å². The summed E-state index contributed by atoms with van der Waals surface area (Å²) >= 11 is 0. The van der Waals surface area contributed by atoms with Crippen LogP contribution in [-0.4, -0.2) is 18.0 Å². The zero-order valence-electron chi connectivity index (χ0n) is 12.9. The van der Waals surface area contributed by atoms with Gasteiger partial charge in [-0.15, -0.1) is 0 Å². The summed E-state index contributed by atoms with van der Waals surface area (Å²) < 4.78 is 0. The molecule has 0 saturated heterocycles. The Bertz CT molecular complexity index is 299. The number of hydrogen-bond acceptors (Lipinski definition) is 1. The lowest BCUT2D eigenvalue weighted by atomic mass is 9.71. The molecule has 3 atom stereocenters. The molecule has 1 nitrogen and oxygen atoms in total. The summed E-state index contributed by atoms with van der Waals surface area (Å²) in [5, 5.41) is 0. The maximum absolute atomic E-state index is 2.54. The first kappa shape index (κ1) is 14.0. The predicted molar refractivity (Wildman–Crippen MR) is 79.4 cm³/mol. The van der Waals surface area contributed by atoms with E-state index >= 15 is 0 Å². The molecule has 1 heteroatoms. The molecule has 2 aliphatic rings. The first-order valence-corrected chi connectivity index (χ1v) is 7.92. The number of rotatable bonds is 3. The Kier molecular flexibility index (Phi) is 4.40. The van der Waals surface area contributed by atoms with Crippen LogP contribution in [0.15, 0.2) is 11.8 Å². The summed E-state index contributed by atoms with van der Waals surface area (Å²) in [7, 11) is 2.30.